The third-order valence-electron chi connectivity index (χ3n) is 5.16. The quantitative estimate of drug-likeness (QED) is 0.746. The molecular weight excluding hydrogens is 366 g/mol. The van der Waals surface area contributed by atoms with Gasteiger partial charge in [-0.05, 0) is 17.7 Å². The number of para-hydroxylation sites is 1. The van der Waals surface area contributed by atoms with Gasteiger partial charge in [0, 0.05) is 46.1 Å². The second-order valence-electron chi connectivity index (χ2n) is 7.20. The van der Waals surface area contributed by atoms with E-state index in [-0.39, 0.29) is 17.9 Å². The minimum absolute atomic E-state index is 0.0928. The van der Waals surface area contributed by atoms with Crippen LogP contribution in [0.25, 0.3) is 0 Å². The molecule has 2 aromatic carbocycles. The van der Waals surface area contributed by atoms with Gasteiger partial charge in [0.05, 0.1) is 6.04 Å². The largest absolute Gasteiger partial charge is 0.492 e. The van der Waals surface area contributed by atoms with E-state index in [1.165, 1.54) is 12.5 Å². The molecule has 6 nitrogen and oxygen atoms in total. The van der Waals surface area contributed by atoms with Gasteiger partial charge in [-0.3, -0.25) is 14.5 Å². The maximum absolute atomic E-state index is 12.4. The smallest absolute Gasteiger partial charge is 0.224 e. The van der Waals surface area contributed by atoms with Gasteiger partial charge >= 0.3 is 0 Å². The molecule has 1 fully saturated rings. The molecule has 0 bridgehead atoms. The monoisotopic (exact) mass is 395 g/mol. The van der Waals surface area contributed by atoms with Crippen molar-refractivity contribution in [2.24, 2.45) is 0 Å². The van der Waals surface area contributed by atoms with Crippen LogP contribution in [0.2, 0.25) is 0 Å². The zero-order chi connectivity index (χ0) is 20.5. The van der Waals surface area contributed by atoms with E-state index in [0.717, 1.165) is 18.8 Å². The number of nitrogens with one attached hydrogen (secondary N) is 1. The summed E-state index contributed by atoms with van der Waals surface area (Å²) in [5, 5.41) is 2.68. The van der Waals surface area contributed by atoms with Crippen LogP contribution in [0.15, 0.2) is 60.7 Å². The minimum Gasteiger partial charge on any atom is -0.492 e. The molecule has 1 heterocycles. The maximum Gasteiger partial charge on any atom is 0.224 e. The summed E-state index contributed by atoms with van der Waals surface area (Å²) in [6.07, 6.45) is 0.346. The van der Waals surface area contributed by atoms with E-state index >= 15 is 0 Å². The highest BCUT2D eigenvalue weighted by molar-refractivity contribution is 5.78. The van der Waals surface area contributed by atoms with Crippen molar-refractivity contribution in [1.82, 2.24) is 15.1 Å². The number of piperazine rings is 1. The van der Waals surface area contributed by atoms with Crippen molar-refractivity contribution in [3.63, 3.8) is 0 Å². The number of amides is 2. The van der Waals surface area contributed by atoms with Gasteiger partial charge in [-0.15, -0.1) is 0 Å². The summed E-state index contributed by atoms with van der Waals surface area (Å²) in [6.45, 7) is 5.38. The molecule has 1 aliphatic heterocycles. The van der Waals surface area contributed by atoms with E-state index in [9.17, 15) is 9.59 Å². The third-order valence-corrected chi connectivity index (χ3v) is 5.16. The average molecular weight is 396 g/mol. The van der Waals surface area contributed by atoms with Crippen LogP contribution in [-0.4, -0.2) is 60.9 Å². The third kappa shape index (κ3) is 6.32. The van der Waals surface area contributed by atoms with E-state index in [4.69, 9.17) is 4.74 Å². The Morgan fingerprint density at radius 1 is 0.966 bits per heavy atom. The van der Waals surface area contributed by atoms with Crippen molar-refractivity contribution in [2.75, 3.05) is 39.3 Å². The highest BCUT2D eigenvalue weighted by atomic mass is 16.5. The van der Waals surface area contributed by atoms with E-state index in [1.54, 1.807) is 0 Å². The predicted octanol–water partition coefficient (Wildman–Crippen LogP) is 2.48. The van der Waals surface area contributed by atoms with E-state index in [2.05, 4.69) is 22.3 Å². The Kier molecular flexibility index (Phi) is 7.64. The zero-order valence-electron chi connectivity index (χ0n) is 16.9. The standard InChI is InChI=1S/C23H29N3O3/c1-19(27)24-13-12-23(28)26-16-14-25(15-17-26)22(20-8-4-2-5-9-20)18-29-21-10-6-3-7-11-21/h2-11,22H,12-18H2,1H3,(H,24,27). The van der Waals surface area contributed by atoms with Crippen LogP contribution < -0.4 is 10.1 Å². The number of carbonyl (C=O) groups excluding carboxylic acids is 2. The van der Waals surface area contributed by atoms with Crippen LogP contribution in [0, 0.1) is 0 Å². The van der Waals surface area contributed by atoms with Crippen LogP contribution in [-0.2, 0) is 9.59 Å². The van der Waals surface area contributed by atoms with Crippen molar-refractivity contribution in [2.45, 2.75) is 19.4 Å². The van der Waals surface area contributed by atoms with Gasteiger partial charge in [0.2, 0.25) is 11.8 Å². The van der Waals surface area contributed by atoms with Gasteiger partial charge in [0.25, 0.3) is 0 Å². The number of ether oxygens (including phenoxy) is 1. The lowest BCUT2D eigenvalue weighted by atomic mass is 10.0. The van der Waals surface area contributed by atoms with Gasteiger partial charge in [-0.1, -0.05) is 48.5 Å². The lowest BCUT2D eigenvalue weighted by Gasteiger charge is -2.39. The summed E-state index contributed by atoms with van der Waals surface area (Å²) in [7, 11) is 0. The van der Waals surface area contributed by atoms with Crippen LogP contribution in [0.3, 0.4) is 0 Å². The molecule has 154 valence electrons. The highest BCUT2D eigenvalue weighted by Crippen LogP contribution is 2.24. The number of rotatable bonds is 8. The lowest BCUT2D eigenvalue weighted by Crippen LogP contribution is -2.51. The molecule has 0 saturated carbocycles. The van der Waals surface area contributed by atoms with Gasteiger partial charge < -0.3 is 15.0 Å². The molecule has 0 spiro atoms. The van der Waals surface area contributed by atoms with Crippen molar-refractivity contribution in [3.8, 4) is 5.75 Å². The Hall–Kier alpha value is -2.86. The van der Waals surface area contributed by atoms with E-state index < -0.39 is 0 Å². The number of nitrogens with zero attached hydrogens (tertiary/aromatic N) is 2. The number of hydrogen-bond acceptors (Lipinski definition) is 4. The summed E-state index contributed by atoms with van der Waals surface area (Å²) in [5.74, 6) is 0.849. The van der Waals surface area contributed by atoms with Crippen LogP contribution >= 0.6 is 0 Å². The molecule has 0 aliphatic carbocycles. The Morgan fingerprint density at radius 2 is 1.59 bits per heavy atom. The Balaban J connectivity index is 1.58. The summed E-state index contributed by atoms with van der Waals surface area (Å²) in [6, 6.07) is 20.4. The minimum atomic E-state index is -0.105. The number of hydrogen-bond donors (Lipinski definition) is 1. The Labute approximate surface area is 172 Å². The molecule has 1 N–H and O–H groups in total. The molecule has 1 aliphatic rings. The Morgan fingerprint density at radius 3 is 2.21 bits per heavy atom. The maximum atomic E-state index is 12.4. The molecule has 6 heteroatoms. The fraction of sp³-hybridized carbons (Fsp3) is 0.391. The van der Waals surface area contributed by atoms with Crippen molar-refractivity contribution in [1.29, 1.82) is 0 Å². The van der Waals surface area contributed by atoms with Crippen molar-refractivity contribution < 1.29 is 14.3 Å². The first-order valence-corrected chi connectivity index (χ1v) is 10.1. The molecule has 1 atom stereocenters. The molecule has 0 aromatic heterocycles. The molecular formula is C23H29N3O3. The average Bonchev–Trinajstić information content (AvgIpc) is 2.75. The van der Waals surface area contributed by atoms with Gasteiger partial charge in [0.15, 0.2) is 0 Å². The van der Waals surface area contributed by atoms with Crippen LogP contribution in [0.4, 0.5) is 0 Å². The van der Waals surface area contributed by atoms with Crippen molar-refractivity contribution in [3.05, 3.63) is 66.2 Å². The highest BCUT2D eigenvalue weighted by Gasteiger charge is 2.27. The summed E-state index contributed by atoms with van der Waals surface area (Å²) in [5.41, 5.74) is 1.22. The topological polar surface area (TPSA) is 61.9 Å². The van der Waals surface area contributed by atoms with Gasteiger partial charge in [0.1, 0.15) is 12.4 Å². The van der Waals surface area contributed by atoms with E-state index in [1.807, 2.05) is 53.4 Å². The molecule has 29 heavy (non-hydrogen) atoms. The lowest BCUT2D eigenvalue weighted by molar-refractivity contribution is -0.133. The predicted molar refractivity (Wildman–Crippen MR) is 113 cm³/mol. The summed E-state index contributed by atoms with van der Waals surface area (Å²) < 4.78 is 6.06. The van der Waals surface area contributed by atoms with Crippen LogP contribution in [0.1, 0.15) is 24.9 Å². The second-order valence-corrected chi connectivity index (χ2v) is 7.20. The van der Waals surface area contributed by atoms with Crippen molar-refractivity contribution >= 4 is 11.8 Å². The summed E-state index contributed by atoms with van der Waals surface area (Å²) >= 11 is 0. The number of benzene rings is 2. The molecule has 3 rings (SSSR count). The van der Waals surface area contributed by atoms with Gasteiger partial charge in [-0.2, -0.15) is 0 Å². The first kappa shape index (κ1) is 20.9. The zero-order valence-corrected chi connectivity index (χ0v) is 16.9. The normalized spacial score (nSPS) is 15.6. The first-order valence-electron chi connectivity index (χ1n) is 10.1. The van der Waals surface area contributed by atoms with Gasteiger partial charge in [-0.25, -0.2) is 0 Å². The second kappa shape index (κ2) is 10.6. The fourth-order valence-electron chi connectivity index (χ4n) is 3.57. The molecule has 1 saturated heterocycles. The summed E-state index contributed by atoms with van der Waals surface area (Å²) in [4.78, 5) is 27.6. The van der Waals surface area contributed by atoms with E-state index in [0.29, 0.717) is 32.7 Å². The fourth-order valence-corrected chi connectivity index (χ4v) is 3.57. The SMILES string of the molecule is CC(=O)NCCC(=O)N1CCN(C(COc2ccccc2)c2ccccc2)CC1. The number of carbonyl (C=O) groups is 2. The molecule has 0 radical (unpaired) electrons. The molecule has 2 amide bonds. The molecule has 1 unspecified atom stereocenters. The van der Waals surface area contributed by atoms with Crippen LogP contribution in [0.5, 0.6) is 5.75 Å². The Bertz CT molecular complexity index is 774. The first-order chi connectivity index (χ1) is 14.1. The molecule has 2 aromatic rings.